The third-order valence-electron chi connectivity index (χ3n) is 18.5. The van der Waals surface area contributed by atoms with Gasteiger partial charge in [-0.3, -0.25) is 4.79 Å². The molecule has 0 aromatic carbocycles. The van der Waals surface area contributed by atoms with Crippen molar-refractivity contribution in [2.45, 2.75) is 165 Å². The minimum absolute atomic E-state index is 0.0461. The topological polar surface area (TPSA) is 166 Å². The van der Waals surface area contributed by atoms with E-state index in [1.807, 2.05) is 0 Å². The molecule has 2 saturated heterocycles. The van der Waals surface area contributed by atoms with E-state index in [9.17, 15) is 30.3 Å². The van der Waals surface area contributed by atoms with E-state index in [4.69, 9.17) is 10.5 Å². The number of ketones is 1. The number of allylic oxidation sites excluding steroid dienone is 5. The highest BCUT2D eigenvalue weighted by molar-refractivity contribution is 5.96. The SMILES string of the molecule is CCCC1CCC2OC(C(O)C(C)(O)C3CCC4(O)C5=CC(=O)C6CC(O)C(O)CC67CC6(C8CCC(N)NC8)C=CC(CC34C)C57C=C6)C(C)C2CC1. The van der Waals surface area contributed by atoms with Gasteiger partial charge >= 0.3 is 0 Å². The van der Waals surface area contributed by atoms with E-state index in [0.717, 1.165) is 50.1 Å². The lowest BCUT2D eigenvalue weighted by Crippen LogP contribution is -2.71. The summed E-state index contributed by atoms with van der Waals surface area (Å²) in [4.78, 5) is 14.6. The lowest BCUT2D eigenvalue weighted by molar-refractivity contribution is -0.215. The standard InChI is InChI=1S/C45H68N2O7/c1-5-6-26-7-10-29-25(2)38(54-34(29)11-8-26)39(51)41(4,52)35-14-16-45(53)36-20-31(48)30-19-32(49)33(50)22-43(30)24-42(28-9-12-37(46)47-23-28)15-13-27(21-40(35,45)3)44(36,43)18-17-42/h13,15,17-18,20,25-30,32-35,37-39,47,49-53H,5-12,14,16,19,21-24,46H2,1-4H3. The molecule has 4 saturated carbocycles. The van der Waals surface area contributed by atoms with E-state index in [1.54, 1.807) is 13.0 Å². The zero-order valence-electron chi connectivity index (χ0n) is 33.1. The first-order valence-corrected chi connectivity index (χ1v) is 21.9. The molecular formula is C45H68N2O7. The monoisotopic (exact) mass is 749 g/mol. The molecular weight excluding hydrogens is 681 g/mol. The Morgan fingerprint density at radius 3 is 2.57 bits per heavy atom. The van der Waals surface area contributed by atoms with Crippen LogP contribution < -0.4 is 11.1 Å². The molecule has 10 aliphatic rings. The lowest BCUT2D eigenvalue weighted by Gasteiger charge is -2.70. The number of nitrogens with two attached hydrogens (primary N) is 1. The highest BCUT2D eigenvalue weighted by Gasteiger charge is 2.78. The van der Waals surface area contributed by atoms with Gasteiger partial charge in [-0.05, 0) is 130 Å². The quantitative estimate of drug-likeness (QED) is 0.191. The van der Waals surface area contributed by atoms with Crippen LogP contribution in [-0.4, -0.2) is 85.7 Å². The number of carbonyl (C=O) groups excluding carboxylic acids is 1. The van der Waals surface area contributed by atoms with Crippen LogP contribution in [0.5, 0.6) is 0 Å². The predicted molar refractivity (Wildman–Crippen MR) is 205 cm³/mol. The molecule has 2 aliphatic heterocycles. The van der Waals surface area contributed by atoms with Crippen molar-refractivity contribution in [1.29, 1.82) is 0 Å². The van der Waals surface area contributed by atoms with Crippen molar-refractivity contribution in [3.63, 3.8) is 0 Å². The Kier molecular flexibility index (Phi) is 9.02. The van der Waals surface area contributed by atoms with Crippen LogP contribution >= 0.6 is 0 Å². The van der Waals surface area contributed by atoms with E-state index in [1.165, 1.54) is 19.3 Å². The Morgan fingerprint density at radius 2 is 1.83 bits per heavy atom. The van der Waals surface area contributed by atoms with Gasteiger partial charge in [0.05, 0.1) is 41.8 Å². The summed E-state index contributed by atoms with van der Waals surface area (Å²) in [5.41, 5.74) is 1.36. The molecule has 9 nitrogen and oxygen atoms in total. The van der Waals surface area contributed by atoms with E-state index < -0.39 is 63.7 Å². The molecule has 54 heavy (non-hydrogen) atoms. The van der Waals surface area contributed by atoms with Gasteiger partial charge < -0.3 is 41.3 Å². The zero-order valence-corrected chi connectivity index (χ0v) is 33.1. The molecule has 8 aliphatic carbocycles. The molecule has 0 radical (unpaired) electrons. The van der Waals surface area contributed by atoms with Crippen LogP contribution in [0.2, 0.25) is 0 Å². The van der Waals surface area contributed by atoms with Gasteiger partial charge in [0, 0.05) is 28.7 Å². The summed E-state index contributed by atoms with van der Waals surface area (Å²) in [7, 11) is 0. The van der Waals surface area contributed by atoms with E-state index >= 15 is 0 Å². The van der Waals surface area contributed by atoms with Crippen molar-refractivity contribution in [2.75, 3.05) is 6.54 Å². The molecule has 10 rings (SSSR count). The normalized spacial score (nSPS) is 55.1. The highest BCUT2D eigenvalue weighted by Crippen LogP contribution is 2.79. The molecule has 9 heteroatoms. The average molecular weight is 749 g/mol. The molecule has 19 unspecified atom stereocenters. The second-order valence-corrected chi connectivity index (χ2v) is 20.7. The molecule has 300 valence electrons. The van der Waals surface area contributed by atoms with Gasteiger partial charge in [-0.1, -0.05) is 64.3 Å². The molecule has 0 aromatic heterocycles. The van der Waals surface area contributed by atoms with E-state index in [0.29, 0.717) is 31.6 Å². The largest absolute Gasteiger partial charge is 0.390 e. The molecule has 2 bridgehead atoms. The maximum atomic E-state index is 14.6. The summed E-state index contributed by atoms with van der Waals surface area (Å²) < 4.78 is 6.75. The molecule has 0 aromatic rings. The maximum Gasteiger partial charge on any atom is 0.159 e. The summed E-state index contributed by atoms with van der Waals surface area (Å²) in [6.45, 7) is 9.07. The molecule has 0 amide bonds. The summed E-state index contributed by atoms with van der Waals surface area (Å²) in [5, 5.41) is 64.7. The highest BCUT2D eigenvalue weighted by atomic mass is 16.5. The summed E-state index contributed by atoms with van der Waals surface area (Å²) in [6.07, 6.45) is 18.9. The third kappa shape index (κ3) is 4.94. The maximum absolute atomic E-state index is 14.6. The number of ether oxygens (including phenoxy) is 1. The lowest BCUT2D eigenvalue weighted by atomic mass is 9.33. The van der Waals surface area contributed by atoms with Crippen LogP contribution in [0.4, 0.5) is 0 Å². The molecule has 2 heterocycles. The summed E-state index contributed by atoms with van der Waals surface area (Å²) in [5.74, 6) is 0.315. The fourth-order valence-electron chi connectivity index (χ4n) is 15.6. The first-order chi connectivity index (χ1) is 25.6. The first kappa shape index (κ1) is 38.1. The number of piperidine rings is 1. The number of aliphatic hydroxyl groups is 5. The van der Waals surface area contributed by atoms with Gasteiger partial charge in [-0.2, -0.15) is 0 Å². The van der Waals surface area contributed by atoms with Gasteiger partial charge in [-0.25, -0.2) is 0 Å². The van der Waals surface area contributed by atoms with Gasteiger partial charge in [0.2, 0.25) is 0 Å². The smallest absolute Gasteiger partial charge is 0.159 e. The van der Waals surface area contributed by atoms with Crippen molar-refractivity contribution in [1.82, 2.24) is 5.32 Å². The first-order valence-electron chi connectivity index (χ1n) is 21.9. The van der Waals surface area contributed by atoms with E-state index in [-0.39, 0.29) is 54.1 Å². The van der Waals surface area contributed by atoms with Crippen LogP contribution in [0.1, 0.15) is 118 Å². The minimum atomic E-state index is -1.56. The Labute approximate surface area is 322 Å². The fraction of sp³-hybridized carbons (Fsp3) is 0.844. The minimum Gasteiger partial charge on any atom is -0.390 e. The number of rotatable bonds is 6. The average Bonchev–Trinajstić information content (AvgIpc) is 3.36. The number of nitrogens with one attached hydrogen (secondary N) is 1. The van der Waals surface area contributed by atoms with Gasteiger partial charge in [0.15, 0.2) is 5.78 Å². The third-order valence-corrected chi connectivity index (χ3v) is 18.5. The fourth-order valence-corrected chi connectivity index (χ4v) is 15.6. The Hall–Kier alpha value is -1.43. The van der Waals surface area contributed by atoms with E-state index in [2.05, 4.69) is 50.4 Å². The van der Waals surface area contributed by atoms with Crippen molar-refractivity contribution in [3.05, 3.63) is 36.0 Å². The molecule has 2 spiro atoms. The number of hydrogen-bond acceptors (Lipinski definition) is 9. The number of carbonyl (C=O) groups is 1. The van der Waals surface area contributed by atoms with Crippen LogP contribution in [0.15, 0.2) is 36.0 Å². The van der Waals surface area contributed by atoms with Gasteiger partial charge in [0.1, 0.15) is 6.10 Å². The summed E-state index contributed by atoms with van der Waals surface area (Å²) in [6, 6.07) is 0. The van der Waals surface area contributed by atoms with Crippen LogP contribution in [0.3, 0.4) is 0 Å². The van der Waals surface area contributed by atoms with Crippen molar-refractivity contribution in [3.8, 4) is 0 Å². The van der Waals surface area contributed by atoms with Crippen LogP contribution in [0, 0.1) is 63.1 Å². The second-order valence-electron chi connectivity index (χ2n) is 20.7. The zero-order chi connectivity index (χ0) is 38.2. The number of hydrogen-bond donors (Lipinski definition) is 7. The number of aliphatic hydroxyl groups excluding tert-OH is 3. The van der Waals surface area contributed by atoms with Crippen molar-refractivity contribution >= 4 is 5.78 Å². The van der Waals surface area contributed by atoms with Gasteiger partial charge in [-0.15, -0.1) is 0 Å². The Balaban J connectivity index is 1.09. The Bertz CT molecular complexity index is 1600. The van der Waals surface area contributed by atoms with Crippen LogP contribution in [0.25, 0.3) is 0 Å². The molecule has 19 atom stereocenters. The molecule has 8 N–H and O–H groups in total. The van der Waals surface area contributed by atoms with Gasteiger partial charge in [0.25, 0.3) is 0 Å². The van der Waals surface area contributed by atoms with Crippen LogP contribution in [-0.2, 0) is 9.53 Å². The van der Waals surface area contributed by atoms with Crippen molar-refractivity contribution < 1.29 is 35.1 Å². The Morgan fingerprint density at radius 1 is 1.06 bits per heavy atom. The van der Waals surface area contributed by atoms with Crippen molar-refractivity contribution in [2.24, 2.45) is 68.8 Å². The second kappa shape index (κ2) is 12.8. The molecule has 6 fully saturated rings. The summed E-state index contributed by atoms with van der Waals surface area (Å²) >= 11 is 0. The predicted octanol–water partition coefficient (Wildman–Crippen LogP) is 4.69. The number of fused-ring (bicyclic) bond motifs is 3.